The molecule has 0 radical (unpaired) electrons. The van der Waals surface area contributed by atoms with Crippen molar-refractivity contribution in [1.29, 1.82) is 5.26 Å². The van der Waals surface area contributed by atoms with Gasteiger partial charge in [0.1, 0.15) is 0 Å². The third kappa shape index (κ3) is 3.60. The first-order valence-corrected chi connectivity index (χ1v) is 8.09. The normalized spacial score (nSPS) is 16.4. The molecule has 0 unspecified atom stereocenters. The summed E-state index contributed by atoms with van der Waals surface area (Å²) >= 11 is 1.71. The fraction of sp³-hybridized carbons (Fsp3) is 0.375. The summed E-state index contributed by atoms with van der Waals surface area (Å²) in [6.07, 6.45) is 3.04. The quantitative estimate of drug-likeness (QED) is 0.874. The smallest absolute Gasteiger partial charge is 0.185 e. The van der Waals surface area contributed by atoms with E-state index < -0.39 is 0 Å². The van der Waals surface area contributed by atoms with E-state index in [1.165, 1.54) is 5.56 Å². The zero-order valence-electron chi connectivity index (χ0n) is 11.9. The topological polar surface area (TPSA) is 43.2 Å². The number of hydrogen-bond donors (Lipinski definition) is 0. The van der Waals surface area contributed by atoms with Crippen molar-refractivity contribution in [2.45, 2.75) is 13.0 Å². The lowest BCUT2D eigenvalue weighted by molar-refractivity contribution is 0.285. The van der Waals surface area contributed by atoms with Gasteiger partial charge in [0.25, 0.3) is 0 Å². The zero-order valence-corrected chi connectivity index (χ0v) is 12.7. The van der Waals surface area contributed by atoms with Gasteiger partial charge in [-0.15, -0.1) is 11.3 Å². The van der Waals surface area contributed by atoms with E-state index in [2.05, 4.69) is 33.0 Å². The molecule has 5 heteroatoms. The molecule has 1 aromatic carbocycles. The third-order valence-corrected chi connectivity index (χ3v) is 4.60. The number of benzene rings is 1. The predicted molar refractivity (Wildman–Crippen MR) is 85.4 cm³/mol. The van der Waals surface area contributed by atoms with Crippen molar-refractivity contribution in [3.8, 4) is 6.07 Å². The van der Waals surface area contributed by atoms with Crippen LogP contribution in [-0.2, 0) is 6.54 Å². The summed E-state index contributed by atoms with van der Waals surface area (Å²) in [5.74, 6) is 0. The summed E-state index contributed by atoms with van der Waals surface area (Å²) in [6, 6.07) is 10.1. The second kappa shape index (κ2) is 6.70. The Kier molecular flexibility index (Phi) is 4.49. The van der Waals surface area contributed by atoms with Crippen molar-refractivity contribution >= 4 is 16.5 Å². The summed E-state index contributed by atoms with van der Waals surface area (Å²) in [6.45, 7) is 5.24. The van der Waals surface area contributed by atoms with Crippen LogP contribution < -0.4 is 4.90 Å². The van der Waals surface area contributed by atoms with E-state index in [1.54, 1.807) is 11.3 Å². The first-order valence-electron chi connectivity index (χ1n) is 7.21. The number of anilines is 1. The van der Waals surface area contributed by atoms with Crippen molar-refractivity contribution in [3.63, 3.8) is 0 Å². The average Bonchev–Trinajstić information content (AvgIpc) is 2.96. The van der Waals surface area contributed by atoms with Gasteiger partial charge in [-0.25, -0.2) is 4.98 Å². The second-order valence-electron chi connectivity index (χ2n) is 5.24. The van der Waals surface area contributed by atoms with E-state index >= 15 is 0 Å². The Bertz CT molecular complexity index is 600. The zero-order chi connectivity index (χ0) is 14.5. The van der Waals surface area contributed by atoms with E-state index in [-0.39, 0.29) is 0 Å². The molecule has 0 atom stereocenters. The van der Waals surface area contributed by atoms with Gasteiger partial charge >= 0.3 is 0 Å². The minimum atomic E-state index is 0.726. The van der Waals surface area contributed by atoms with Gasteiger partial charge in [-0.3, -0.25) is 4.90 Å². The van der Waals surface area contributed by atoms with Gasteiger partial charge in [0.05, 0.1) is 11.6 Å². The van der Waals surface area contributed by atoms with Gasteiger partial charge in [0, 0.05) is 44.3 Å². The number of aromatic nitrogens is 1. The summed E-state index contributed by atoms with van der Waals surface area (Å²) in [5.41, 5.74) is 2.00. The molecule has 1 aliphatic rings. The van der Waals surface area contributed by atoms with Crippen LogP contribution in [0, 0.1) is 11.3 Å². The monoisotopic (exact) mass is 298 g/mol. The van der Waals surface area contributed by atoms with Crippen LogP contribution in [0.4, 0.5) is 5.13 Å². The molecular weight excluding hydrogens is 280 g/mol. The highest BCUT2D eigenvalue weighted by atomic mass is 32.1. The van der Waals surface area contributed by atoms with Gasteiger partial charge in [0.2, 0.25) is 0 Å². The van der Waals surface area contributed by atoms with E-state index in [1.807, 2.05) is 23.7 Å². The molecule has 3 rings (SSSR count). The molecule has 0 saturated carbocycles. The standard InChI is InChI=1S/C16H18N4S/c17-12-14-2-4-15(5-3-14)13-19-7-1-8-20(10-9-19)16-18-6-11-21-16/h2-6,11H,1,7-10,13H2. The largest absolute Gasteiger partial charge is 0.347 e. The SMILES string of the molecule is N#Cc1ccc(CN2CCCN(c3nccs3)CC2)cc1. The maximum absolute atomic E-state index is 8.84. The van der Waals surface area contributed by atoms with Gasteiger partial charge in [-0.2, -0.15) is 5.26 Å². The van der Waals surface area contributed by atoms with Crippen molar-refractivity contribution in [1.82, 2.24) is 9.88 Å². The number of nitrogens with zero attached hydrogens (tertiary/aromatic N) is 4. The van der Waals surface area contributed by atoms with Crippen LogP contribution in [0.25, 0.3) is 0 Å². The second-order valence-corrected chi connectivity index (χ2v) is 6.11. The average molecular weight is 298 g/mol. The van der Waals surface area contributed by atoms with Gasteiger partial charge in [-0.1, -0.05) is 12.1 Å². The number of thiazole rings is 1. The number of hydrogen-bond acceptors (Lipinski definition) is 5. The molecule has 2 heterocycles. The van der Waals surface area contributed by atoms with E-state index in [4.69, 9.17) is 5.26 Å². The highest BCUT2D eigenvalue weighted by Gasteiger charge is 2.16. The van der Waals surface area contributed by atoms with Gasteiger partial charge < -0.3 is 4.90 Å². The van der Waals surface area contributed by atoms with E-state index in [0.29, 0.717) is 0 Å². The lowest BCUT2D eigenvalue weighted by Gasteiger charge is -2.21. The van der Waals surface area contributed by atoms with Crippen LogP contribution in [0.3, 0.4) is 0 Å². The van der Waals surface area contributed by atoms with Gasteiger partial charge in [0.15, 0.2) is 5.13 Å². The highest BCUT2D eigenvalue weighted by Crippen LogP contribution is 2.19. The van der Waals surface area contributed by atoms with E-state index in [0.717, 1.165) is 49.8 Å². The highest BCUT2D eigenvalue weighted by molar-refractivity contribution is 7.13. The first-order chi connectivity index (χ1) is 10.3. The third-order valence-electron chi connectivity index (χ3n) is 3.77. The summed E-state index contributed by atoms with van der Waals surface area (Å²) < 4.78 is 0. The fourth-order valence-electron chi connectivity index (χ4n) is 2.64. The Morgan fingerprint density at radius 2 is 2.00 bits per heavy atom. The minimum absolute atomic E-state index is 0.726. The van der Waals surface area contributed by atoms with Crippen molar-refractivity contribution in [3.05, 3.63) is 47.0 Å². The molecule has 0 spiro atoms. The van der Waals surface area contributed by atoms with Crippen molar-refractivity contribution in [2.75, 3.05) is 31.1 Å². The molecule has 4 nitrogen and oxygen atoms in total. The summed E-state index contributed by atoms with van der Waals surface area (Å²) in [7, 11) is 0. The lowest BCUT2D eigenvalue weighted by atomic mass is 10.1. The molecule has 0 amide bonds. The molecule has 0 N–H and O–H groups in total. The van der Waals surface area contributed by atoms with Crippen LogP contribution in [0.5, 0.6) is 0 Å². The maximum Gasteiger partial charge on any atom is 0.185 e. The van der Waals surface area contributed by atoms with Crippen LogP contribution in [-0.4, -0.2) is 36.1 Å². The minimum Gasteiger partial charge on any atom is -0.347 e. The molecule has 0 bridgehead atoms. The summed E-state index contributed by atoms with van der Waals surface area (Å²) in [5, 5.41) is 12.0. The molecule has 108 valence electrons. The Labute approximate surface area is 129 Å². The van der Waals surface area contributed by atoms with Crippen molar-refractivity contribution < 1.29 is 0 Å². The van der Waals surface area contributed by atoms with Gasteiger partial charge in [-0.05, 0) is 24.1 Å². The van der Waals surface area contributed by atoms with Crippen LogP contribution >= 0.6 is 11.3 Å². The molecule has 0 aliphatic carbocycles. The lowest BCUT2D eigenvalue weighted by Crippen LogP contribution is -2.30. The molecule has 1 fully saturated rings. The molecule has 1 saturated heterocycles. The summed E-state index contributed by atoms with van der Waals surface area (Å²) in [4.78, 5) is 9.26. The Balaban J connectivity index is 1.58. The number of rotatable bonds is 3. The van der Waals surface area contributed by atoms with Crippen LogP contribution in [0.15, 0.2) is 35.8 Å². The molecule has 21 heavy (non-hydrogen) atoms. The number of nitriles is 1. The maximum atomic E-state index is 8.84. The van der Waals surface area contributed by atoms with E-state index in [9.17, 15) is 0 Å². The Morgan fingerprint density at radius 1 is 1.14 bits per heavy atom. The molecular formula is C16H18N4S. The predicted octanol–water partition coefficient (Wildman–Crippen LogP) is 2.73. The Hall–Kier alpha value is -1.90. The molecule has 1 aliphatic heterocycles. The molecule has 2 aromatic rings. The fourth-order valence-corrected chi connectivity index (χ4v) is 3.33. The van der Waals surface area contributed by atoms with Crippen LogP contribution in [0.2, 0.25) is 0 Å². The first kappa shape index (κ1) is 14.1. The van der Waals surface area contributed by atoms with Crippen molar-refractivity contribution in [2.24, 2.45) is 0 Å². The van der Waals surface area contributed by atoms with Crippen LogP contribution in [0.1, 0.15) is 17.5 Å². The molecule has 1 aromatic heterocycles. The Morgan fingerprint density at radius 3 is 2.71 bits per heavy atom.